The lowest BCUT2D eigenvalue weighted by atomic mass is 10.0. The number of methoxy groups -OCH3 is 1. The van der Waals surface area contributed by atoms with Crippen LogP contribution in [0.15, 0.2) is 54.6 Å². The molecule has 2 amide bonds. The molecular formula is C28H37N5O3. The minimum Gasteiger partial charge on any atom is -0.497 e. The number of carbonyl (C=O) groups is 2. The van der Waals surface area contributed by atoms with Crippen molar-refractivity contribution in [2.45, 2.75) is 43.9 Å². The summed E-state index contributed by atoms with van der Waals surface area (Å²) in [6, 6.07) is 18.8. The van der Waals surface area contributed by atoms with E-state index in [9.17, 15) is 9.59 Å². The van der Waals surface area contributed by atoms with Gasteiger partial charge in [0, 0.05) is 70.0 Å². The fraction of sp³-hybridized carbons (Fsp3) is 0.500. The molecule has 2 aromatic carbocycles. The van der Waals surface area contributed by atoms with Crippen molar-refractivity contribution < 1.29 is 14.3 Å². The van der Waals surface area contributed by atoms with Crippen molar-refractivity contribution in [3.8, 4) is 5.75 Å². The van der Waals surface area contributed by atoms with Gasteiger partial charge in [-0.3, -0.25) is 14.5 Å². The van der Waals surface area contributed by atoms with Gasteiger partial charge in [0.25, 0.3) is 0 Å². The molecule has 8 heteroatoms. The van der Waals surface area contributed by atoms with E-state index in [0.29, 0.717) is 13.0 Å². The van der Waals surface area contributed by atoms with Gasteiger partial charge in [-0.25, -0.2) is 0 Å². The molecule has 0 aromatic heterocycles. The Morgan fingerprint density at radius 2 is 1.81 bits per heavy atom. The van der Waals surface area contributed by atoms with E-state index in [-0.39, 0.29) is 29.9 Å². The van der Waals surface area contributed by atoms with Gasteiger partial charge in [-0.15, -0.1) is 0 Å². The van der Waals surface area contributed by atoms with Crippen molar-refractivity contribution in [1.29, 1.82) is 0 Å². The Hall–Kier alpha value is -3.10. The maximum Gasteiger partial charge on any atom is 0.237 e. The summed E-state index contributed by atoms with van der Waals surface area (Å²) in [5, 5.41) is 6.71. The Bertz CT molecular complexity index is 1020. The first-order chi connectivity index (χ1) is 17.6. The van der Waals surface area contributed by atoms with Gasteiger partial charge in [-0.2, -0.15) is 0 Å². The zero-order valence-corrected chi connectivity index (χ0v) is 21.1. The average molecular weight is 492 g/mol. The Morgan fingerprint density at radius 1 is 1.06 bits per heavy atom. The van der Waals surface area contributed by atoms with Gasteiger partial charge in [0.2, 0.25) is 11.8 Å². The first kappa shape index (κ1) is 24.6. The summed E-state index contributed by atoms with van der Waals surface area (Å²) in [4.78, 5) is 32.2. The largest absolute Gasteiger partial charge is 0.497 e. The van der Waals surface area contributed by atoms with Crippen molar-refractivity contribution in [2.75, 3.05) is 51.3 Å². The summed E-state index contributed by atoms with van der Waals surface area (Å²) in [6.07, 6.45) is 2.10. The second kappa shape index (κ2) is 11.3. The topological polar surface area (TPSA) is 77.1 Å². The number of fused-ring (bicyclic) bond motifs is 1. The Kier molecular flexibility index (Phi) is 7.72. The summed E-state index contributed by atoms with van der Waals surface area (Å²) in [5.41, 5.74) is 2.41. The number of anilines is 1. The van der Waals surface area contributed by atoms with Crippen molar-refractivity contribution in [1.82, 2.24) is 20.4 Å². The zero-order valence-electron chi connectivity index (χ0n) is 21.1. The quantitative estimate of drug-likeness (QED) is 0.587. The summed E-state index contributed by atoms with van der Waals surface area (Å²) < 4.78 is 5.24. The molecule has 5 rings (SSSR count). The van der Waals surface area contributed by atoms with Gasteiger partial charge in [0.05, 0.1) is 13.2 Å². The van der Waals surface area contributed by atoms with Crippen LogP contribution in [-0.4, -0.2) is 86.1 Å². The minimum atomic E-state index is -0.110. The highest BCUT2D eigenvalue weighted by Crippen LogP contribution is 2.26. The molecule has 3 aliphatic rings. The maximum atomic E-state index is 13.0. The van der Waals surface area contributed by atoms with E-state index in [2.05, 4.69) is 56.8 Å². The van der Waals surface area contributed by atoms with Crippen LogP contribution in [0.2, 0.25) is 0 Å². The number of para-hydroxylation sites is 1. The molecule has 0 saturated carbocycles. The Balaban J connectivity index is 1.09. The summed E-state index contributed by atoms with van der Waals surface area (Å²) in [7, 11) is 1.67. The lowest BCUT2D eigenvalue weighted by Gasteiger charge is -2.38. The predicted octanol–water partition coefficient (Wildman–Crippen LogP) is 1.86. The number of nitrogens with one attached hydrogen (secondary N) is 2. The van der Waals surface area contributed by atoms with E-state index in [1.54, 1.807) is 7.11 Å². The van der Waals surface area contributed by atoms with Crippen LogP contribution in [0.5, 0.6) is 5.75 Å². The molecule has 3 aliphatic heterocycles. The molecule has 3 saturated heterocycles. The van der Waals surface area contributed by atoms with Gasteiger partial charge >= 0.3 is 0 Å². The van der Waals surface area contributed by atoms with Crippen molar-refractivity contribution >= 4 is 17.5 Å². The molecular weight excluding hydrogens is 454 g/mol. The van der Waals surface area contributed by atoms with E-state index >= 15 is 0 Å². The lowest BCUT2D eigenvalue weighted by Crippen LogP contribution is -2.58. The molecule has 2 N–H and O–H groups in total. The second-order valence-electron chi connectivity index (χ2n) is 10.0. The first-order valence-corrected chi connectivity index (χ1v) is 13.1. The van der Waals surface area contributed by atoms with Crippen molar-refractivity contribution in [3.05, 3.63) is 60.2 Å². The number of nitrogens with zero attached hydrogens (tertiary/aromatic N) is 3. The van der Waals surface area contributed by atoms with Gasteiger partial charge in [-0.05, 0) is 42.7 Å². The molecule has 2 aromatic rings. The molecule has 192 valence electrons. The van der Waals surface area contributed by atoms with E-state index in [1.165, 1.54) is 11.3 Å². The van der Waals surface area contributed by atoms with Crippen LogP contribution < -0.4 is 20.3 Å². The number of hydrogen-bond acceptors (Lipinski definition) is 6. The van der Waals surface area contributed by atoms with Crippen LogP contribution in [-0.2, 0) is 16.1 Å². The van der Waals surface area contributed by atoms with E-state index in [0.717, 1.165) is 57.9 Å². The standard InChI is InChI=1S/C28H37N5O3/c1-36-25-10-7-21(8-11-25)18-29-22-17-26-28(35)30-19-24(33(26)20-22)9-12-27(34)32-15-13-31(14-16-32)23-5-3-2-4-6-23/h2-8,10-11,22,24,26,29H,9,12-20H2,1H3,(H,30,35). The van der Waals surface area contributed by atoms with Crippen LogP contribution in [0.4, 0.5) is 5.69 Å². The smallest absolute Gasteiger partial charge is 0.237 e. The third-order valence-electron chi connectivity index (χ3n) is 7.82. The molecule has 36 heavy (non-hydrogen) atoms. The molecule has 0 radical (unpaired) electrons. The Morgan fingerprint density at radius 3 is 2.53 bits per heavy atom. The number of carbonyl (C=O) groups excluding carboxylic acids is 2. The molecule has 3 unspecified atom stereocenters. The molecule has 8 nitrogen and oxygen atoms in total. The average Bonchev–Trinajstić information content (AvgIpc) is 3.38. The molecule has 0 aliphatic carbocycles. The molecule has 0 spiro atoms. The zero-order chi connectivity index (χ0) is 24.9. The van der Waals surface area contributed by atoms with Crippen LogP contribution in [0.25, 0.3) is 0 Å². The van der Waals surface area contributed by atoms with Crippen LogP contribution in [0.1, 0.15) is 24.8 Å². The highest BCUT2D eigenvalue weighted by atomic mass is 16.5. The summed E-state index contributed by atoms with van der Waals surface area (Å²) in [5.74, 6) is 1.19. The number of amides is 2. The maximum absolute atomic E-state index is 13.0. The van der Waals surface area contributed by atoms with E-state index < -0.39 is 0 Å². The number of piperazine rings is 2. The number of ether oxygens (including phenoxy) is 1. The highest BCUT2D eigenvalue weighted by Gasteiger charge is 2.43. The van der Waals surface area contributed by atoms with E-state index in [4.69, 9.17) is 4.74 Å². The molecule has 3 atom stereocenters. The molecule has 3 heterocycles. The Labute approximate surface area is 213 Å². The van der Waals surface area contributed by atoms with Crippen molar-refractivity contribution in [3.63, 3.8) is 0 Å². The normalized spacial score (nSPS) is 24.4. The third kappa shape index (κ3) is 5.65. The minimum absolute atomic E-state index is 0.110. The fourth-order valence-corrected chi connectivity index (χ4v) is 5.70. The second-order valence-corrected chi connectivity index (χ2v) is 10.0. The lowest BCUT2D eigenvalue weighted by molar-refractivity contribution is -0.132. The van der Waals surface area contributed by atoms with Gasteiger partial charge in [-0.1, -0.05) is 30.3 Å². The number of benzene rings is 2. The van der Waals surface area contributed by atoms with Crippen LogP contribution >= 0.6 is 0 Å². The first-order valence-electron chi connectivity index (χ1n) is 13.1. The number of hydrogen-bond donors (Lipinski definition) is 2. The summed E-state index contributed by atoms with van der Waals surface area (Å²) in [6.45, 7) is 5.47. The molecule has 0 bridgehead atoms. The van der Waals surface area contributed by atoms with Crippen LogP contribution in [0, 0.1) is 0 Å². The fourth-order valence-electron chi connectivity index (χ4n) is 5.70. The SMILES string of the molecule is COc1ccc(CNC2CC3C(=O)NCC(CCC(=O)N4CCN(c5ccccc5)CC4)N3C2)cc1. The highest BCUT2D eigenvalue weighted by molar-refractivity contribution is 5.83. The van der Waals surface area contributed by atoms with Crippen molar-refractivity contribution in [2.24, 2.45) is 0 Å². The van der Waals surface area contributed by atoms with Crippen LogP contribution in [0.3, 0.4) is 0 Å². The van der Waals surface area contributed by atoms with E-state index in [1.807, 2.05) is 23.1 Å². The third-order valence-corrected chi connectivity index (χ3v) is 7.82. The molecule has 3 fully saturated rings. The van der Waals surface area contributed by atoms with Gasteiger partial charge in [0.1, 0.15) is 5.75 Å². The predicted molar refractivity (Wildman–Crippen MR) is 140 cm³/mol. The van der Waals surface area contributed by atoms with Gasteiger partial charge in [0.15, 0.2) is 0 Å². The van der Waals surface area contributed by atoms with Gasteiger partial charge < -0.3 is 25.2 Å². The number of rotatable bonds is 8. The monoisotopic (exact) mass is 491 g/mol. The summed E-state index contributed by atoms with van der Waals surface area (Å²) >= 11 is 0.